The molecule has 10 heteroatoms. The summed E-state index contributed by atoms with van der Waals surface area (Å²) >= 11 is 0. The summed E-state index contributed by atoms with van der Waals surface area (Å²) in [6, 6.07) is 20.0. The van der Waals surface area contributed by atoms with Crippen molar-refractivity contribution in [3.05, 3.63) is 95.1 Å². The molecule has 0 saturated carbocycles. The molecule has 41 heavy (non-hydrogen) atoms. The normalized spacial score (nSPS) is 16.9. The van der Waals surface area contributed by atoms with Crippen LogP contribution in [0, 0.1) is 6.92 Å². The van der Waals surface area contributed by atoms with Crippen LogP contribution in [-0.2, 0) is 31.2 Å². The van der Waals surface area contributed by atoms with Crippen molar-refractivity contribution in [3.63, 3.8) is 0 Å². The Morgan fingerprint density at radius 2 is 1.61 bits per heavy atom. The van der Waals surface area contributed by atoms with E-state index in [9.17, 15) is 19.5 Å². The van der Waals surface area contributed by atoms with Crippen molar-refractivity contribution in [3.8, 4) is 0 Å². The fraction of sp³-hybridized carbons (Fsp3) is 0.323. The second-order valence-corrected chi connectivity index (χ2v) is 9.76. The molecule has 3 aromatic rings. The maximum absolute atomic E-state index is 14.6. The number of nitrogens with zero attached hydrogens (tertiary/aromatic N) is 1. The van der Waals surface area contributed by atoms with Crippen molar-refractivity contribution in [2.45, 2.75) is 45.1 Å². The summed E-state index contributed by atoms with van der Waals surface area (Å²) in [5.74, 6) is -2.57. The zero-order valence-corrected chi connectivity index (χ0v) is 23.4. The van der Waals surface area contributed by atoms with Gasteiger partial charge in [0.15, 0.2) is 11.8 Å². The second kappa shape index (κ2) is 12.9. The second-order valence-electron chi connectivity index (χ2n) is 9.76. The van der Waals surface area contributed by atoms with Gasteiger partial charge in [0, 0.05) is 24.5 Å². The number of amides is 4. The molecule has 10 nitrogen and oxygen atoms in total. The van der Waals surface area contributed by atoms with Gasteiger partial charge in [-0.3, -0.25) is 9.59 Å². The maximum Gasteiger partial charge on any atom is 0.320 e. The van der Waals surface area contributed by atoms with Gasteiger partial charge >= 0.3 is 6.03 Å². The first-order valence-electron chi connectivity index (χ1n) is 13.5. The smallest absolute Gasteiger partial charge is 0.320 e. The highest BCUT2D eigenvalue weighted by atomic mass is 16.7. The number of carbonyl (C=O) groups is 3. The fourth-order valence-electron chi connectivity index (χ4n) is 5.23. The Kier molecular flexibility index (Phi) is 9.38. The predicted octanol–water partition coefficient (Wildman–Crippen LogP) is 3.52. The average molecular weight is 561 g/mol. The molecule has 1 aliphatic heterocycles. The van der Waals surface area contributed by atoms with Crippen LogP contribution in [0.5, 0.6) is 0 Å². The number of urea groups is 1. The molecule has 216 valence electrons. The van der Waals surface area contributed by atoms with Crippen molar-refractivity contribution >= 4 is 29.2 Å². The molecule has 2 unspecified atom stereocenters. The number of para-hydroxylation sites is 1. The minimum atomic E-state index is -1.88. The lowest BCUT2D eigenvalue weighted by atomic mass is 9.74. The number of benzene rings is 3. The summed E-state index contributed by atoms with van der Waals surface area (Å²) in [6.07, 6.45) is -0.733. The largest absolute Gasteiger partial charge is 0.392 e. The van der Waals surface area contributed by atoms with Crippen molar-refractivity contribution in [1.29, 1.82) is 0 Å². The Bertz CT molecular complexity index is 1370. The van der Waals surface area contributed by atoms with E-state index in [1.54, 1.807) is 60.7 Å². The van der Waals surface area contributed by atoms with Crippen LogP contribution in [0.4, 0.5) is 16.2 Å². The van der Waals surface area contributed by atoms with E-state index in [0.717, 1.165) is 5.56 Å². The Balaban J connectivity index is 1.84. The van der Waals surface area contributed by atoms with Gasteiger partial charge in [-0.2, -0.15) is 0 Å². The van der Waals surface area contributed by atoms with Crippen molar-refractivity contribution in [1.82, 2.24) is 5.32 Å². The highest BCUT2D eigenvalue weighted by molar-refractivity contribution is 6.13. The number of carbonyl (C=O) groups excluding carboxylic acids is 3. The van der Waals surface area contributed by atoms with E-state index in [-0.39, 0.29) is 13.2 Å². The molecular weight excluding hydrogens is 524 g/mol. The Hall–Kier alpha value is -4.25. The zero-order valence-electron chi connectivity index (χ0n) is 23.4. The molecule has 4 amide bonds. The van der Waals surface area contributed by atoms with E-state index in [1.165, 1.54) is 4.90 Å². The summed E-state index contributed by atoms with van der Waals surface area (Å²) in [4.78, 5) is 43.0. The van der Waals surface area contributed by atoms with Crippen LogP contribution >= 0.6 is 0 Å². The summed E-state index contributed by atoms with van der Waals surface area (Å²) in [5, 5.41) is 15.0. The van der Waals surface area contributed by atoms with Gasteiger partial charge in [-0.15, -0.1) is 0 Å². The van der Waals surface area contributed by atoms with E-state index < -0.39 is 35.6 Å². The number of nitrogens with one attached hydrogen (secondary N) is 2. The van der Waals surface area contributed by atoms with E-state index in [2.05, 4.69) is 10.6 Å². The number of nitrogens with two attached hydrogens (primary N) is 1. The molecule has 0 aromatic heterocycles. The number of ether oxygens (including phenoxy) is 2. The predicted molar refractivity (Wildman–Crippen MR) is 155 cm³/mol. The molecule has 5 N–H and O–H groups in total. The summed E-state index contributed by atoms with van der Waals surface area (Å²) in [5.41, 5.74) is 7.64. The number of hydrogen-bond acceptors (Lipinski definition) is 6. The molecular formula is C31H36N4O6. The Morgan fingerprint density at radius 3 is 2.20 bits per heavy atom. The van der Waals surface area contributed by atoms with Crippen molar-refractivity contribution in [2.24, 2.45) is 5.73 Å². The van der Waals surface area contributed by atoms with Gasteiger partial charge in [0.25, 0.3) is 5.91 Å². The third-order valence-electron chi connectivity index (χ3n) is 7.07. The van der Waals surface area contributed by atoms with Crippen LogP contribution in [0.25, 0.3) is 0 Å². The molecule has 0 bridgehead atoms. The zero-order chi connectivity index (χ0) is 29.6. The van der Waals surface area contributed by atoms with Gasteiger partial charge in [-0.1, -0.05) is 60.2 Å². The van der Waals surface area contributed by atoms with E-state index in [0.29, 0.717) is 41.3 Å². The maximum atomic E-state index is 14.6. The molecule has 0 fully saturated rings. The number of aliphatic hydroxyl groups excluding tert-OH is 1. The Labute approximate surface area is 239 Å². The lowest BCUT2D eigenvalue weighted by Crippen LogP contribution is -2.60. The van der Waals surface area contributed by atoms with Gasteiger partial charge in [0.05, 0.1) is 24.8 Å². The third kappa shape index (κ3) is 6.09. The number of aliphatic hydroxyl groups is 1. The van der Waals surface area contributed by atoms with E-state index in [1.807, 2.05) is 32.9 Å². The van der Waals surface area contributed by atoms with Gasteiger partial charge in [-0.05, 0) is 50.1 Å². The standard InChI is InChI=1S/C31H36N4O6/c1-4-40-26(41-5-2)18-35-25-9-7-6-8-24(25)31(29(35)38,27(28(32)37)22-14-10-20(3)11-15-22)34-30(39)33-23-16-12-21(19-36)13-17-23/h6-17,26-27,36H,4-5,18-19H2,1-3H3,(H2,32,37)(H2,33,34,39). The number of primary amides is 1. The molecule has 1 aliphatic rings. The number of hydrogen-bond donors (Lipinski definition) is 4. The highest BCUT2D eigenvalue weighted by Crippen LogP contribution is 2.48. The SMILES string of the molecule is CCOC(CN1C(=O)C(NC(=O)Nc2ccc(CO)cc2)(C(C(N)=O)c2ccc(C)cc2)c2ccccc21)OCC. The minimum Gasteiger partial charge on any atom is -0.392 e. The molecule has 0 radical (unpaired) electrons. The third-order valence-corrected chi connectivity index (χ3v) is 7.07. The van der Waals surface area contributed by atoms with Crippen LogP contribution in [0.2, 0.25) is 0 Å². The van der Waals surface area contributed by atoms with Gasteiger partial charge in [0.2, 0.25) is 5.91 Å². The summed E-state index contributed by atoms with van der Waals surface area (Å²) in [7, 11) is 0. The van der Waals surface area contributed by atoms with E-state index in [4.69, 9.17) is 15.2 Å². The van der Waals surface area contributed by atoms with Gasteiger partial charge < -0.3 is 35.8 Å². The van der Waals surface area contributed by atoms with Crippen LogP contribution in [0.3, 0.4) is 0 Å². The molecule has 4 rings (SSSR count). The molecule has 0 aliphatic carbocycles. The fourth-order valence-corrected chi connectivity index (χ4v) is 5.23. The average Bonchev–Trinajstić information content (AvgIpc) is 3.18. The number of fused-ring (bicyclic) bond motifs is 1. The molecule has 0 spiro atoms. The minimum absolute atomic E-state index is 0.0323. The first-order chi connectivity index (χ1) is 19.7. The quantitative estimate of drug-likeness (QED) is 0.250. The summed E-state index contributed by atoms with van der Waals surface area (Å²) < 4.78 is 11.5. The lowest BCUT2D eigenvalue weighted by Gasteiger charge is -2.36. The number of rotatable bonds is 12. The summed E-state index contributed by atoms with van der Waals surface area (Å²) in [6.45, 7) is 6.19. The first kappa shape index (κ1) is 29.7. The van der Waals surface area contributed by atoms with Crippen LogP contribution in [0.1, 0.15) is 42.0 Å². The van der Waals surface area contributed by atoms with Crippen molar-refractivity contribution in [2.75, 3.05) is 30.0 Å². The first-order valence-corrected chi connectivity index (χ1v) is 13.5. The van der Waals surface area contributed by atoms with Crippen LogP contribution in [0.15, 0.2) is 72.8 Å². The highest BCUT2D eigenvalue weighted by Gasteiger charge is 2.59. The monoisotopic (exact) mass is 560 g/mol. The molecule has 2 atom stereocenters. The topological polar surface area (TPSA) is 143 Å². The Morgan fingerprint density at radius 1 is 0.976 bits per heavy atom. The number of aryl methyl sites for hydroxylation is 1. The van der Waals surface area contributed by atoms with Gasteiger partial charge in [0.1, 0.15) is 0 Å². The van der Waals surface area contributed by atoms with Crippen LogP contribution < -0.4 is 21.3 Å². The lowest BCUT2D eigenvalue weighted by molar-refractivity contribution is -0.139. The molecule has 0 saturated heterocycles. The van der Waals surface area contributed by atoms with Crippen LogP contribution in [-0.4, -0.2) is 49.0 Å². The number of anilines is 2. The molecule has 3 aromatic carbocycles. The van der Waals surface area contributed by atoms with E-state index >= 15 is 0 Å². The molecule has 1 heterocycles. The van der Waals surface area contributed by atoms with Gasteiger partial charge in [-0.25, -0.2) is 4.79 Å². The van der Waals surface area contributed by atoms with Crippen molar-refractivity contribution < 1.29 is 29.0 Å².